The zero-order valence-electron chi connectivity index (χ0n) is 14.0. The molecule has 4 aromatic heterocycles. The van der Waals surface area contributed by atoms with Crippen molar-refractivity contribution in [1.29, 1.82) is 0 Å². The minimum atomic E-state index is -0.230. The number of amides is 1. The second kappa shape index (κ2) is 5.82. The van der Waals surface area contributed by atoms with Gasteiger partial charge in [0.2, 0.25) is 0 Å². The van der Waals surface area contributed by atoms with Crippen molar-refractivity contribution < 1.29 is 4.79 Å². The van der Waals surface area contributed by atoms with Crippen LogP contribution in [-0.4, -0.2) is 30.1 Å². The highest BCUT2D eigenvalue weighted by atomic mass is 32.1. The Balaban J connectivity index is 1.81. The van der Waals surface area contributed by atoms with E-state index in [1.807, 2.05) is 55.2 Å². The first-order valence-corrected chi connectivity index (χ1v) is 8.60. The van der Waals surface area contributed by atoms with E-state index in [2.05, 4.69) is 20.4 Å². The number of aromatic nitrogens is 5. The van der Waals surface area contributed by atoms with Crippen LogP contribution in [-0.2, 0) is 7.05 Å². The normalized spacial score (nSPS) is 11.2. The second-order valence-corrected chi connectivity index (χ2v) is 6.70. The van der Waals surface area contributed by atoms with Gasteiger partial charge in [-0.05, 0) is 26.0 Å². The molecule has 4 aromatic rings. The van der Waals surface area contributed by atoms with E-state index in [4.69, 9.17) is 0 Å². The van der Waals surface area contributed by atoms with E-state index in [0.717, 1.165) is 22.6 Å². The van der Waals surface area contributed by atoms with Crippen molar-refractivity contribution in [1.82, 2.24) is 24.1 Å². The number of anilines is 1. The molecule has 126 valence electrons. The number of carbonyl (C=O) groups excluding carboxylic acids is 1. The summed E-state index contributed by atoms with van der Waals surface area (Å²) in [5.41, 5.74) is 4.74. The number of hydrogen-bond donors (Lipinski definition) is 1. The number of aryl methyl sites for hydroxylation is 3. The van der Waals surface area contributed by atoms with Gasteiger partial charge in [-0.25, -0.2) is 9.97 Å². The zero-order chi connectivity index (χ0) is 17.6. The maximum Gasteiger partial charge on any atom is 0.261 e. The van der Waals surface area contributed by atoms with Crippen molar-refractivity contribution in [2.24, 2.45) is 7.05 Å². The second-order valence-electron chi connectivity index (χ2n) is 5.84. The molecule has 8 heteroatoms. The van der Waals surface area contributed by atoms with Crippen LogP contribution in [0.2, 0.25) is 0 Å². The van der Waals surface area contributed by atoms with Crippen molar-refractivity contribution in [2.45, 2.75) is 13.8 Å². The van der Waals surface area contributed by atoms with Crippen molar-refractivity contribution in [3.63, 3.8) is 0 Å². The summed E-state index contributed by atoms with van der Waals surface area (Å²) in [4.78, 5) is 21.4. The van der Waals surface area contributed by atoms with Crippen LogP contribution in [0.15, 0.2) is 36.1 Å². The Hall–Kier alpha value is -3.00. The van der Waals surface area contributed by atoms with E-state index in [1.165, 1.54) is 11.3 Å². The number of imidazole rings is 1. The number of rotatable bonds is 3. The Morgan fingerprint density at radius 3 is 2.76 bits per heavy atom. The summed E-state index contributed by atoms with van der Waals surface area (Å²) in [6, 6.07) is 3.83. The van der Waals surface area contributed by atoms with Crippen LogP contribution in [0, 0.1) is 13.8 Å². The van der Waals surface area contributed by atoms with Gasteiger partial charge in [-0.2, -0.15) is 5.10 Å². The molecule has 1 N–H and O–H groups in total. The first kappa shape index (κ1) is 15.5. The first-order chi connectivity index (χ1) is 12.0. The van der Waals surface area contributed by atoms with Crippen molar-refractivity contribution in [2.75, 3.05) is 5.32 Å². The van der Waals surface area contributed by atoms with E-state index in [9.17, 15) is 4.79 Å². The highest BCUT2D eigenvalue weighted by molar-refractivity contribution is 7.13. The fourth-order valence-electron chi connectivity index (χ4n) is 2.80. The number of thiazole rings is 1. The molecular formula is C17H16N6OS. The minimum absolute atomic E-state index is 0.230. The molecular weight excluding hydrogens is 336 g/mol. The van der Waals surface area contributed by atoms with Crippen LogP contribution in [0.5, 0.6) is 0 Å². The highest BCUT2D eigenvalue weighted by Gasteiger charge is 2.17. The average molecular weight is 352 g/mol. The van der Waals surface area contributed by atoms with Crippen LogP contribution in [0.3, 0.4) is 0 Å². The van der Waals surface area contributed by atoms with Gasteiger partial charge >= 0.3 is 0 Å². The summed E-state index contributed by atoms with van der Waals surface area (Å²) in [6.07, 6.45) is 5.45. The highest BCUT2D eigenvalue weighted by Crippen LogP contribution is 2.24. The molecule has 1 amide bonds. The maximum absolute atomic E-state index is 12.8. The number of hydrogen-bond acceptors (Lipinski definition) is 5. The monoisotopic (exact) mass is 352 g/mol. The lowest BCUT2D eigenvalue weighted by Crippen LogP contribution is -2.14. The number of pyridine rings is 1. The van der Waals surface area contributed by atoms with Crippen LogP contribution in [0.4, 0.5) is 5.13 Å². The summed E-state index contributed by atoms with van der Waals surface area (Å²) >= 11 is 1.40. The quantitative estimate of drug-likeness (QED) is 0.615. The zero-order valence-corrected chi connectivity index (χ0v) is 14.8. The standard InChI is InChI=1S/C17H16N6OS/c1-10-6-14(22(3)21-10)12-7-13(15-18-4-5-23(15)8-12)16(24)20-17-19-11(2)9-25-17/h4-9H,1-3H3,(H,19,20,24). The Morgan fingerprint density at radius 2 is 2.08 bits per heavy atom. The fraction of sp³-hybridized carbons (Fsp3) is 0.176. The Bertz CT molecular complexity index is 1090. The van der Waals surface area contributed by atoms with Gasteiger partial charge < -0.3 is 4.40 Å². The van der Waals surface area contributed by atoms with Crippen LogP contribution >= 0.6 is 11.3 Å². The van der Waals surface area contributed by atoms with Crippen LogP contribution in [0.1, 0.15) is 21.7 Å². The van der Waals surface area contributed by atoms with Gasteiger partial charge in [-0.1, -0.05) is 0 Å². The van der Waals surface area contributed by atoms with E-state index < -0.39 is 0 Å². The first-order valence-electron chi connectivity index (χ1n) is 7.72. The SMILES string of the molecule is Cc1csc(NC(=O)c2cc(-c3cc(C)nn3C)cn3ccnc23)n1. The molecule has 0 atom stereocenters. The number of nitrogens with one attached hydrogen (secondary N) is 1. The van der Waals surface area contributed by atoms with Gasteiger partial charge in [0.05, 0.1) is 22.6 Å². The smallest absolute Gasteiger partial charge is 0.261 e. The van der Waals surface area contributed by atoms with Gasteiger partial charge in [-0.3, -0.25) is 14.8 Å². The molecule has 0 saturated heterocycles. The number of carbonyl (C=O) groups is 1. The molecule has 0 aliphatic carbocycles. The van der Waals surface area contributed by atoms with E-state index in [1.54, 1.807) is 10.9 Å². The lowest BCUT2D eigenvalue weighted by molar-refractivity contribution is 0.102. The van der Waals surface area contributed by atoms with Gasteiger partial charge in [-0.15, -0.1) is 11.3 Å². The fourth-order valence-corrected chi connectivity index (χ4v) is 3.48. The molecule has 0 spiro atoms. The third kappa shape index (κ3) is 2.80. The molecule has 7 nitrogen and oxygen atoms in total. The predicted molar refractivity (Wildman–Crippen MR) is 96.9 cm³/mol. The van der Waals surface area contributed by atoms with Gasteiger partial charge in [0.1, 0.15) is 5.65 Å². The number of nitrogens with zero attached hydrogens (tertiary/aromatic N) is 5. The van der Waals surface area contributed by atoms with Crippen molar-refractivity contribution in [3.8, 4) is 11.3 Å². The third-order valence-corrected chi connectivity index (χ3v) is 4.74. The molecule has 0 unspecified atom stereocenters. The average Bonchev–Trinajstić information content (AvgIpc) is 3.26. The minimum Gasteiger partial charge on any atom is -0.306 e. The van der Waals surface area contributed by atoms with Crippen LogP contribution in [0.25, 0.3) is 16.9 Å². The molecule has 4 heterocycles. The largest absolute Gasteiger partial charge is 0.306 e. The lowest BCUT2D eigenvalue weighted by Gasteiger charge is -2.08. The molecule has 0 aliphatic rings. The molecule has 25 heavy (non-hydrogen) atoms. The molecule has 0 saturated carbocycles. The Morgan fingerprint density at radius 1 is 1.24 bits per heavy atom. The summed E-state index contributed by atoms with van der Waals surface area (Å²) in [6.45, 7) is 3.84. The van der Waals surface area contributed by atoms with Crippen molar-refractivity contribution >= 4 is 28.0 Å². The molecule has 4 rings (SSSR count). The Kier molecular flexibility index (Phi) is 3.61. The molecule has 0 radical (unpaired) electrons. The molecule has 0 fully saturated rings. The van der Waals surface area contributed by atoms with E-state index in [0.29, 0.717) is 16.3 Å². The maximum atomic E-state index is 12.8. The summed E-state index contributed by atoms with van der Waals surface area (Å²) < 4.78 is 3.65. The topological polar surface area (TPSA) is 77.1 Å². The lowest BCUT2D eigenvalue weighted by atomic mass is 10.1. The predicted octanol–water partition coefficient (Wildman–Crippen LogP) is 3.06. The summed E-state index contributed by atoms with van der Waals surface area (Å²) in [7, 11) is 1.89. The summed E-state index contributed by atoms with van der Waals surface area (Å²) in [5, 5.41) is 9.71. The Labute approximate surface area is 148 Å². The number of fused-ring (bicyclic) bond motifs is 1. The molecule has 0 aliphatic heterocycles. The van der Waals surface area contributed by atoms with E-state index in [-0.39, 0.29) is 5.91 Å². The molecule has 0 aromatic carbocycles. The summed E-state index contributed by atoms with van der Waals surface area (Å²) in [5.74, 6) is -0.230. The van der Waals surface area contributed by atoms with Crippen molar-refractivity contribution in [3.05, 3.63) is 53.1 Å². The van der Waals surface area contributed by atoms with Gasteiger partial charge in [0, 0.05) is 36.6 Å². The third-order valence-electron chi connectivity index (χ3n) is 3.87. The van der Waals surface area contributed by atoms with Gasteiger partial charge in [0.15, 0.2) is 5.13 Å². The van der Waals surface area contributed by atoms with E-state index >= 15 is 0 Å². The van der Waals surface area contributed by atoms with Gasteiger partial charge in [0.25, 0.3) is 5.91 Å². The molecule has 0 bridgehead atoms. The van der Waals surface area contributed by atoms with Crippen LogP contribution < -0.4 is 5.32 Å².